The lowest BCUT2D eigenvalue weighted by atomic mass is 10.0. The molecule has 0 radical (unpaired) electrons. The van der Waals surface area contributed by atoms with Gasteiger partial charge in [-0.1, -0.05) is 30.3 Å². The van der Waals surface area contributed by atoms with E-state index < -0.39 is 91.3 Å². The standard InChI is InChI=1S/C36H43N9O11/c37-24(9-10-30(48)49)32(52)42-28(13-21-15-38-18-41-21)35(55)44-27(12-20-14-39-25-4-2-1-3-23(20)25)34(54)45-29(17-46)36(56)43-26(33(53)40-16-31(50)51)11-19-5-7-22(47)8-6-19/h1-8,14-15,18,24,26-29,39,46-47H,9-13,16-17,37H2,(H,38,41)(H,40,53)(H,42,52)(H,43,56)(H,44,55)(H,45,54)(H,48,49)(H,50,51)/t24-,26-,27-,28-,29-/m0/s1. The van der Waals surface area contributed by atoms with E-state index in [0.717, 1.165) is 5.52 Å². The molecule has 0 bridgehead atoms. The highest BCUT2D eigenvalue weighted by atomic mass is 16.4. The maximum absolute atomic E-state index is 14.0. The Hall–Kier alpha value is -6.80. The van der Waals surface area contributed by atoms with Gasteiger partial charge in [0.15, 0.2) is 0 Å². The number of carboxylic acids is 2. The van der Waals surface area contributed by atoms with E-state index in [1.165, 1.54) is 36.8 Å². The van der Waals surface area contributed by atoms with Crippen molar-refractivity contribution < 1.29 is 54.0 Å². The minimum Gasteiger partial charge on any atom is -0.508 e. The highest BCUT2D eigenvalue weighted by molar-refractivity contribution is 5.97. The number of aliphatic hydroxyl groups excluding tert-OH is 1. The summed E-state index contributed by atoms with van der Waals surface area (Å²) >= 11 is 0. The smallest absolute Gasteiger partial charge is 0.322 e. The van der Waals surface area contributed by atoms with Crippen LogP contribution in [0.1, 0.15) is 29.7 Å². The average molecular weight is 778 g/mol. The molecule has 0 unspecified atom stereocenters. The van der Waals surface area contributed by atoms with E-state index in [2.05, 4.69) is 41.5 Å². The number of hydrogen-bond donors (Lipinski definition) is 12. The number of nitrogens with one attached hydrogen (secondary N) is 7. The number of carbonyl (C=O) groups excluding carboxylic acids is 5. The SMILES string of the molecule is N[C@@H](CCC(=O)O)C(=O)N[C@@H](Cc1cnc[nH]1)C(=O)N[C@@H](Cc1c[nH]c2ccccc12)C(=O)N[C@@H](CO)C(=O)N[C@@H](Cc1ccc(O)cc1)C(=O)NCC(=O)O. The van der Waals surface area contributed by atoms with Crippen molar-refractivity contribution in [1.29, 1.82) is 0 Å². The fraction of sp³-hybridized carbons (Fsp3) is 0.333. The monoisotopic (exact) mass is 777 g/mol. The lowest BCUT2D eigenvalue weighted by Gasteiger charge is -2.26. The van der Waals surface area contributed by atoms with E-state index in [4.69, 9.17) is 15.9 Å². The third-order valence-electron chi connectivity index (χ3n) is 8.59. The van der Waals surface area contributed by atoms with Crippen LogP contribution in [0.25, 0.3) is 10.9 Å². The summed E-state index contributed by atoms with van der Waals surface area (Å²) in [5, 5.41) is 50.8. The number of imidazole rings is 1. The third-order valence-corrected chi connectivity index (χ3v) is 8.59. The van der Waals surface area contributed by atoms with Crippen LogP contribution in [0.2, 0.25) is 0 Å². The van der Waals surface area contributed by atoms with Crippen LogP contribution in [0.3, 0.4) is 0 Å². The molecule has 0 saturated carbocycles. The molecule has 0 saturated heterocycles. The van der Waals surface area contributed by atoms with Crippen molar-refractivity contribution in [3.05, 3.63) is 84.1 Å². The van der Waals surface area contributed by atoms with Gasteiger partial charge in [0.25, 0.3) is 0 Å². The summed E-state index contributed by atoms with van der Waals surface area (Å²) in [6.07, 6.45) is 3.33. The molecule has 0 aliphatic heterocycles. The number of phenolic OH excluding ortho intramolecular Hbond substituents is 1. The van der Waals surface area contributed by atoms with Crippen molar-refractivity contribution >= 4 is 52.4 Å². The molecule has 0 aliphatic rings. The number of aromatic hydroxyl groups is 1. The van der Waals surface area contributed by atoms with Gasteiger partial charge in [-0.05, 0) is 35.7 Å². The van der Waals surface area contributed by atoms with Crippen LogP contribution in [-0.4, -0.2) is 120 Å². The van der Waals surface area contributed by atoms with Gasteiger partial charge in [-0.3, -0.25) is 33.6 Å². The first-order valence-corrected chi connectivity index (χ1v) is 17.3. The molecule has 2 heterocycles. The molecule has 298 valence electrons. The third kappa shape index (κ3) is 12.4. The summed E-state index contributed by atoms with van der Waals surface area (Å²) in [4.78, 5) is 99.2. The van der Waals surface area contributed by atoms with Gasteiger partial charge in [0.05, 0.1) is 19.0 Å². The van der Waals surface area contributed by atoms with Gasteiger partial charge in [-0.2, -0.15) is 0 Å². The topological polar surface area (TPSA) is 331 Å². The number of nitrogens with two attached hydrogens (primary N) is 1. The number of nitrogens with zero attached hydrogens (tertiary/aromatic N) is 1. The van der Waals surface area contributed by atoms with Crippen molar-refractivity contribution in [2.75, 3.05) is 13.2 Å². The summed E-state index contributed by atoms with van der Waals surface area (Å²) in [7, 11) is 0. The number of aliphatic carboxylic acids is 2. The molecular weight excluding hydrogens is 734 g/mol. The van der Waals surface area contributed by atoms with Gasteiger partial charge in [0.2, 0.25) is 29.5 Å². The Kier molecular flexibility index (Phi) is 15.0. The molecule has 5 amide bonds. The van der Waals surface area contributed by atoms with Gasteiger partial charge >= 0.3 is 11.9 Å². The lowest BCUT2D eigenvalue weighted by molar-refractivity contribution is -0.139. The molecule has 20 heteroatoms. The maximum atomic E-state index is 14.0. The second-order valence-corrected chi connectivity index (χ2v) is 12.8. The Morgan fingerprint density at radius 3 is 1.95 bits per heavy atom. The zero-order valence-electron chi connectivity index (χ0n) is 29.9. The second kappa shape index (κ2) is 20.0. The Bertz CT molecular complexity index is 2000. The number of fused-ring (bicyclic) bond motifs is 1. The van der Waals surface area contributed by atoms with Crippen LogP contribution < -0.4 is 32.3 Å². The van der Waals surface area contributed by atoms with Crippen LogP contribution in [0.4, 0.5) is 0 Å². The normalized spacial score (nSPS) is 13.7. The number of para-hydroxylation sites is 1. The zero-order chi connectivity index (χ0) is 40.8. The minimum absolute atomic E-state index is 0.0590. The van der Waals surface area contributed by atoms with E-state index in [0.29, 0.717) is 22.2 Å². The van der Waals surface area contributed by atoms with E-state index in [1.807, 2.05) is 0 Å². The number of phenols is 1. The molecule has 4 rings (SSSR count). The summed E-state index contributed by atoms with van der Waals surface area (Å²) in [6, 6.07) is 5.68. The number of benzene rings is 2. The number of aromatic nitrogens is 3. The molecule has 2 aromatic heterocycles. The van der Waals surface area contributed by atoms with Crippen molar-refractivity contribution in [3.8, 4) is 5.75 Å². The molecule has 4 aromatic rings. The molecular formula is C36H43N9O11. The second-order valence-electron chi connectivity index (χ2n) is 12.8. The van der Waals surface area contributed by atoms with E-state index in [9.17, 15) is 43.8 Å². The molecule has 0 spiro atoms. The van der Waals surface area contributed by atoms with E-state index in [-0.39, 0.29) is 31.4 Å². The number of carboxylic acid groups (broad SMARTS) is 2. The minimum atomic E-state index is -1.67. The van der Waals surface area contributed by atoms with Gasteiger partial charge in [0, 0.05) is 54.7 Å². The number of rotatable bonds is 21. The van der Waals surface area contributed by atoms with Crippen molar-refractivity contribution in [2.24, 2.45) is 5.73 Å². The number of hydrogen-bond acceptors (Lipinski definition) is 11. The highest BCUT2D eigenvalue weighted by Crippen LogP contribution is 2.20. The zero-order valence-corrected chi connectivity index (χ0v) is 29.9. The quantitative estimate of drug-likeness (QED) is 0.0434. The molecule has 0 fully saturated rings. The molecule has 56 heavy (non-hydrogen) atoms. The van der Waals surface area contributed by atoms with Gasteiger partial charge in [-0.15, -0.1) is 0 Å². The maximum Gasteiger partial charge on any atom is 0.322 e. The van der Waals surface area contributed by atoms with E-state index in [1.54, 1.807) is 30.5 Å². The predicted octanol–water partition coefficient (Wildman–Crippen LogP) is -2.05. The first kappa shape index (κ1) is 41.9. The highest BCUT2D eigenvalue weighted by Gasteiger charge is 2.33. The Morgan fingerprint density at radius 1 is 0.714 bits per heavy atom. The van der Waals surface area contributed by atoms with Crippen LogP contribution >= 0.6 is 0 Å². The fourth-order valence-electron chi connectivity index (χ4n) is 5.62. The number of amides is 5. The largest absolute Gasteiger partial charge is 0.508 e. The van der Waals surface area contributed by atoms with Crippen LogP contribution in [0.15, 0.2) is 67.3 Å². The van der Waals surface area contributed by atoms with Crippen LogP contribution in [-0.2, 0) is 52.8 Å². The molecule has 2 aromatic carbocycles. The van der Waals surface area contributed by atoms with Crippen LogP contribution in [0, 0.1) is 0 Å². The Labute approximate surface area is 318 Å². The summed E-state index contributed by atoms with van der Waals surface area (Å²) in [5.74, 6) is -7.09. The molecule has 5 atom stereocenters. The summed E-state index contributed by atoms with van der Waals surface area (Å²) in [5.41, 5.74) is 8.10. The van der Waals surface area contributed by atoms with Crippen LogP contribution in [0.5, 0.6) is 5.75 Å². The first-order chi connectivity index (χ1) is 26.7. The number of H-pyrrole nitrogens is 2. The number of aliphatic hydroxyl groups is 1. The number of carbonyl (C=O) groups is 7. The first-order valence-electron chi connectivity index (χ1n) is 17.3. The van der Waals surface area contributed by atoms with Gasteiger partial charge in [-0.25, -0.2) is 4.98 Å². The average Bonchev–Trinajstić information content (AvgIpc) is 3.84. The van der Waals surface area contributed by atoms with Gasteiger partial charge < -0.3 is 62.7 Å². The Morgan fingerprint density at radius 2 is 1.32 bits per heavy atom. The molecule has 20 nitrogen and oxygen atoms in total. The fourth-order valence-corrected chi connectivity index (χ4v) is 5.62. The Balaban J connectivity index is 1.57. The van der Waals surface area contributed by atoms with Gasteiger partial charge in [0.1, 0.15) is 36.5 Å². The molecule has 0 aliphatic carbocycles. The van der Waals surface area contributed by atoms with Crippen molar-refractivity contribution in [1.82, 2.24) is 41.5 Å². The molecule has 13 N–H and O–H groups in total. The predicted molar refractivity (Wildman–Crippen MR) is 196 cm³/mol. The summed E-state index contributed by atoms with van der Waals surface area (Å²) < 4.78 is 0. The lowest BCUT2D eigenvalue weighted by Crippen LogP contribution is -2.60. The van der Waals surface area contributed by atoms with E-state index >= 15 is 0 Å². The summed E-state index contributed by atoms with van der Waals surface area (Å²) in [6.45, 7) is -1.72. The van der Waals surface area contributed by atoms with Crippen molar-refractivity contribution in [2.45, 2.75) is 62.3 Å². The number of aromatic amines is 2. The van der Waals surface area contributed by atoms with Crippen molar-refractivity contribution in [3.63, 3.8) is 0 Å².